The van der Waals surface area contributed by atoms with Gasteiger partial charge in [-0.05, 0) is 42.0 Å². The molecule has 30 heavy (non-hydrogen) atoms. The summed E-state index contributed by atoms with van der Waals surface area (Å²) in [6.07, 6.45) is -1.51. The third-order valence-corrected chi connectivity index (χ3v) is 5.25. The van der Waals surface area contributed by atoms with Crippen LogP contribution >= 0.6 is 11.8 Å². The zero-order chi connectivity index (χ0) is 21.1. The molecule has 3 heterocycles. The molecule has 5 nitrogen and oxygen atoms in total. The Kier molecular flexibility index (Phi) is 5.58. The van der Waals surface area contributed by atoms with E-state index in [4.69, 9.17) is 4.42 Å². The van der Waals surface area contributed by atoms with Crippen LogP contribution in [-0.2, 0) is 18.5 Å². The van der Waals surface area contributed by atoms with Crippen LogP contribution in [0.2, 0.25) is 0 Å². The van der Waals surface area contributed by atoms with Gasteiger partial charge in [-0.2, -0.15) is 13.2 Å². The molecule has 0 N–H and O–H groups in total. The number of hydrogen-bond donors (Lipinski definition) is 0. The minimum absolute atomic E-state index is 0.0409. The molecule has 0 amide bonds. The summed E-state index contributed by atoms with van der Waals surface area (Å²) in [7, 11) is 0. The van der Waals surface area contributed by atoms with Gasteiger partial charge in [-0.3, -0.25) is 9.55 Å². The van der Waals surface area contributed by atoms with E-state index < -0.39 is 17.6 Å². The lowest BCUT2D eigenvalue weighted by atomic mass is 10.1. The number of aromatic nitrogens is 4. The summed E-state index contributed by atoms with van der Waals surface area (Å²) in [6, 6.07) is 11.5. The molecule has 0 atom stereocenters. The van der Waals surface area contributed by atoms with Crippen LogP contribution in [0.4, 0.5) is 17.6 Å². The molecule has 0 bridgehead atoms. The van der Waals surface area contributed by atoms with Gasteiger partial charge in [-0.1, -0.05) is 23.9 Å². The lowest BCUT2D eigenvalue weighted by molar-refractivity contribution is -0.138. The van der Waals surface area contributed by atoms with Crippen LogP contribution in [0.15, 0.2) is 70.6 Å². The van der Waals surface area contributed by atoms with Crippen LogP contribution in [0.25, 0.3) is 11.5 Å². The second-order valence-corrected chi connectivity index (χ2v) is 7.22. The Labute approximate surface area is 172 Å². The van der Waals surface area contributed by atoms with Crippen molar-refractivity contribution in [1.29, 1.82) is 0 Å². The number of alkyl halides is 3. The molecule has 0 fully saturated rings. The third-order valence-electron chi connectivity index (χ3n) is 4.24. The maximum atomic E-state index is 13.4. The van der Waals surface area contributed by atoms with Crippen molar-refractivity contribution in [1.82, 2.24) is 19.7 Å². The lowest BCUT2D eigenvalue weighted by Gasteiger charge is -2.13. The predicted molar refractivity (Wildman–Crippen MR) is 102 cm³/mol. The minimum Gasteiger partial charge on any atom is -0.467 e. The second-order valence-electron chi connectivity index (χ2n) is 6.27. The Bertz CT molecular complexity index is 1130. The zero-order valence-electron chi connectivity index (χ0n) is 15.3. The van der Waals surface area contributed by atoms with Crippen molar-refractivity contribution in [3.05, 3.63) is 83.7 Å². The molecular formula is C20H14F4N4OS. The first-order valence-electron chi connectivity index (χ1n) is 8.77. The highest BCUT2D eigenvalue weighted by atomic mass is 32.2. The first kappa shape index (κ1) is 20.1. The van der Waals surface area contributed by atoms with Crippen molar-refractivity contribution < 1.29 is 22.0 Å². The van der Waals surface area contributed by atoms with E-state index in [0.717, 1.165) is 23.9 Å². The van der Waals surface area contributed by atoms with Gasteiger partial charge in [0, 0.05) is 11.9 Å². The molecule has 0 saturated heterocycles. The summed E-state index contributed by atoms with van der Waals surface area (Å²) >= 11 is 1.07. The van der Waals surface area contributed by atoms with E-state index in [1.807, 2.05) is 0 Å². The monoisotopic (exact) mass is 434 g/mol. The highest BCUT2D eigenvalue weighted by Crippen LogP contribution is 2.35. The van der Waals surface area contributed by atoms with Gasteiger partial charge in [0.15, 0.2) is 11.0 Å². The van der Waals surface area contributed by atoms with Crippen molar-refractivity contribution in [3.8, 4) is 11.5 Å². The largest absolute Gasteiger partial charge is 0.467 e. The van der Waals surface area contributed by atoms with E-state index in [1.165, 1.54) is 6.26 Å². The first-order chi connectivity index (χ1) is 14.4. The fourth-order valence-corrected chi connectivity index (χ4v) is 3.80. The van der Waals surface area contributed by atoms with E-state index in [-0.39, 0.29) is 17.9 Å². The molecule has 4 rings (SSSR count). The Hall–Kier alpha value is -3.14. The van der Waals surface area contributed by atoms with Crippen molar-refractivity contribution in [2.75, 3.05) is 0 Å². The van der Waals surface area contributed by atoms with Gasteiger partial charge in [0.1, 0.15) is 17.3 Å². The molecule has 0 unspecified atom stereocenters. The molecule has 0 radical (unpaired) electrons. The van der Waals surface area contributed by atoms with Gasteiger partial charge >= 0.3 is 6.18 Å². The van der Waals surface area contributed by atoms with Gasteiger partial charge in [-0.15, -0.1) is 10.2 Å². The standard InChI is InChI=1S/C20H14F4N4OS/c21-14-7-6-13(16(10-14)20(22,23)24)12-30-19-27-26-18(17-5-1-2-8-25-17)28(19)11-15-4-3-9-29-15/h1-10H,11-12H2. The second kappa shape index (κ2) is 8.31. The number of thioether (sulfide) groups is 1. The van der Waals surface area contributed by atoms with Crippen molar-refractivity contribution >= 4 is 11.8 Å². The van der Waals surface area contributed by atoms with Crippen LogP contribution in [0.5, 0.6) is 0 Å². The Morgan fingerprint density at radius 1 is 1.03 bits per heavy atom. The maximum absolute atomic E-state index is 13.4. The van der Waals surface area contributed by atoms with Gasteiger partial charge in [-0.25, -0.2) is 4.39 Å². The summed E-state index contributed by atoms with van der Waals surface area (Å²) in [5.74, 6) is 0.0962. The molecule has 0 aliphatic rings. The zero-order valence-corrected chi connectivity index (χ0v) is 16.1. The van der Waals surface area contributed by atoms with Crippen molar-refractivity contribution in [3.63, 3.8) is 0 Å². The van der Waals surface area contributed by atoms with E-state index in [0.29, 0.717) is 28.5 Å². The molecule has 154 valence electrons. The molecule has 1 aromatic carbocycles. The molecule has 10 heteroatoms. The fourth-order valence-electron chi connectivity index (χ4n) is 2.86. The molecule has 0 saturated carbocycles. The number of rotatable bonds is 6. The summed E-state index contributed by atoms with van der Waals surface area (Å²) < 4.78 is 60.3. The van der Waals surface area contributed by atoms with Crippen LogP contribution in [-0.4, -0.2) is 19.7 Å². The van der Waals surface area contributed by atoms with Crippen LogP contribution in [0.3, 0.4) is 0 Å². The first-order valence-corrected chi connectivity index (χ1v) is 9.76. The van der Waals surface area contributed by atoms with E-state index in [2.05, 4.69) is 15.2 Å². The normalized spacial score (nSPS) is 11.7. The number of halogens is 4. The number of hydrogen-bond acceptors (Lipinski definition) is 5. The molecule has 0 spiro atoms. The minimum atomic E-state index is -4.65. The number of furan rings is 1. The van der Waals surface area contributed by atoms with Crippen LogP contribution in [0.1, 0.15) is 16.9 Å². The van der Waals surface area contributed by atoms with E-state index in [9.17, 15) is 17.6 Å². The quantitative estimate of drug-likeness (QED) is 0.299. The highest BCUT2D eigenvalue weighted by molar-refractivity contribution is 7.98. The highest BCUT2D eigenvalue weighted by Gasteiger charge is 2.33. The van der Waals surface area contributed by atoms with E-state index in [1.54, 1.807) is 41.1 Å². The number of nitrogens with zero attached hydrogens (tertiary/aromatic N) is 4. The van der Waals surface area contributed by atoms with Crippen LogP contribution < -0.4 is 0 Å². The third kappa shape index (κ3) is 4.38. The molecule has 3 aromatic heterocycles. The van der Waals surface area contributed by atoms with Gasteiger partial charge in [0.25, 0.3) is 0 Å². The topological polar surface area (TPSA) is 56.7 Å². The molecule has 0 aliphatic carbocycles. The summed E-state index contributed by atoms with van der Waals surface area (Å²) in [5, 5.41) is 8.70. The molecule has 4 aromatic rings. The van der Waals surface area contributed by atoms with Crippen molar-refractivity contribution in [2.24, 2.45) is 0 Å². The fraction of sp³-hybridized carbons (Fsp3) is 0.150. The summed E-state index contributed by atoms with van der Waals surface area (Å²) in [4.78, 5) is 4.27. The summed E-state index contributed by atoms with van der Waals surface area (Å²) in [5.41, 5.74) is -0.473. The summed E-state index contributed by atoms with van der Waals surface area (Å²) in [6.45, 7) is 0.282. The number of benzene rings is 1. The molecular weight excluding hydrogens is 420 g/mol. The average Bonchev–Trinajstić information content (AvgIpc) is 3.37. The van der Waals surface area contributed by atoms with Gasteiger partial charge < -0.3 is 4.42 Å². The van der Waals surface area contributed by atoms with Crippen LogP contribution in [0, 0.1) is 5.82 Å². The number of pyridine rings is 1. The van der Waals surface area contributed by atoms with E-state index >= 15 is 0 Å². The predicted octanol–water partition coefficient (Wildman–Crippen LogP) is 5.43. The Morgan fingerprint density at radius 3 is 2.60 bits per heavy atom. The SMILES string of the molecule is Fc1ccc(CSc2nnc(-c3ccccn3)n2Cc2ccco2)c(C(F)(F)F)c1. The molecule has 0 aliphatic heterocycles. The smallest absolute Gasteiger partial charge is 0.416 e. The lowest BCUT2D eigenvalue weighted by Crippen LogP contribution is -2.09. The maximum Gasteiger partial charge on any atom is 0.416 e. The average molecular weight is 434 g/mol. The Morgan fingerprint density at radius 2 is 1.90 bits per heavy atom. The van der Waals surface area contributed by atoms with Crippen molar-refractivity contribution in [2.45, 2.75) is 23.6 Å². The van der Waals surface area contributed by atoms with Gasteiger partial charge in [0.05, 0.1) is 18.4 Å². The Balaban J connectivity index is 1.66. The van der Waals surface area contributed by atoms with Gasteiger partial charge in [0.2, 0.25) is 0 Å².